The maximum atomic E-state index is 11.1. The zero-order chi connectivity index (χ0) is 9.07. The first-order chi connectivity index (χ1) is 4.90. The molecule has 0 aliphatic carbocycles. The quantitative estimate of drug-likeness (QED) is 0.616. The molecule has 1 atom stereocenters. The van der Waals surface area contributed by atoms with E-state index in [9.17, 15) is 8.42 Å². The minimum atomic E-state index is -3.31. The third kappa shape index (κ3) is 3.72. The molecule has 0 saturated heterocycles. The maximum Gasteiger partial charge on any atom is 0.270 e. The molecular weight excluding hydrogens is 164 g/mol. The van der Waals surface area contributed by atoms with Gasteiger partial charge in [-0.15, -0.1) is 0 Å². The van der Waals surface area contributed by atoms with Gasteiger partial charge in [-0.25, -0.2) is 0 Å². The summed E-state index contributed by atoms with van der Waals surface area (Å²) in [6, 6.07) is 0. The Kier molecular flexibility index (Phi) is 4.03. The summed E-state index contributed by atoms with van der Waals surface area (Å²) in [7, 11) is -3.31. The van der Waals surface area contributed by atoms with Crippen molar-refractivity contribution in [3.05, 3.63) is 0 Å². The van der Waals surface area contributed by atoms with E-state index in [1.807, 2.05) is 6.92 Å². The summed E-state index contributed by atoms with van der Waals surface area (Å²) in [5, 5.41) is -0.398. The van der Waals surface area contributed by atoms with Gasteiger partial charge in [0.2, 0.25) is 0 Å². The number of hydrogen-bond donors (Lipinski definition) is 0. The van der Waals surface area contributed by atoms with Gasteiger partial charge in [-0.2, -0.15) is 8.42 Å². The van der Waals surface area contributed by atoms with Crippen LogP contribution in [0.4, 0.5) is 0 Å². The highest BCUT2D eigenvalue weighted by Gasteiger charge is 2.20. The molecule has 0 fully saturated rings. The van der Waals surface area contributed by atoms with Crippen LogP contribution >= 0.6 is 0 Å². The summed E-state index contributed by atoms with van der Waals surface area (Å²) in [5.74, 6) is 0. The first-order valence-electron chi connectivity index (χ1n) is 3.82. The Morgan fingerprint density at radius 1 is 1.27 bits per heavy atom. The fourth-order valence-corrected chi connectivity index (χ4v) is 1.70. The molecule has 0 bridgehead atoms. The van der Waals surface area contributed by atoms with Crippen molar-refractivity contribution in [1.82, 2.24) is 0 Å². The second kappa shape index (κ2) is 4.07. The van der Waals surface area contributed by atoms with E-state index in [4.69, 9.17) is 4.18 Å². The van der Waals surface area contributed by atoms with Crippen LogP contribution in [0.3, 0.4) is 0 Å². The van der Waals surface area contributed by atoms with Crippen molar-refractivity contribution < 1.29 is 12.6 Å². The Balaban J connectivity index is 4.23. The fourth-order valence-electron chi connectivity index (χ4n) is 0.567. The van der Waals surface area contributed by atoms with Gasteiger partial charge in [0, 0.05) is 0 Å². The third-order valence-electron chi connectivity index (χ3n) is 1.39. The highest BCUT2D eigenvalue weighted by atomic mass is 32.2. The van der Waals surface area contributed by atoms with E-state index in [1.54, 1.807) is 20.8 Å². The molecule has 0 aromatic carbocycles. The lowest BCUT2D eigenvalue weighted by molar-refractivity contribution is 0.244. The van der Waals surface area contributed by atoms with E-state index in [0.717, 1.165) is 0 Å². The Labute approximate surface area is 68.9 Å². The Morgan fingerprint density at radius 3 is 2.00 bits per heavy atom. The van der Waals surface area contributed by atoms with Crippen molar-refractivity contribution >= 4 is 10.1 Å². The second-order valence-corrected chi connectivity index (χ2v) is 4.84. The van der Waals surface area contributed by atoms with Gasteiger partial charge >= 0.3 is 0 Å². The van der Waals surface area contributed by atoms with Crippen molar-refractivity contribution in [2.45, 2.75) is 45.5 Å². The smallest absolute Gasteiger partial charge is 0.267 e. The molecule has 0 aliphatic heterocycles. The minimum Gasteiger partial charge on any atom is -0.267 e. The summed E-state index contributed by atoms with van der Waals surface area (Å²) in [6.45, 7) is 6.89. The minimum absolute atomic E-state index is 0.256. The van der Waals surface area contributed by atoms with Gasteiger partial charge < -0.3 is 0 Å². The van der Waals surface area contributed by atoms with Crippen LogP contribution < -0.4 is 0 Å². The lowest BCUT2D eigenvalue weighted by atomic mass is 10.4. The van der Waals surface area contributed by atoms with E-state index in [0.29, 0.717) is 6.42 Å². The average molecular weight is 180 g/mol. The van der Waals surface area contributed by atoms with Crippen LogP contribution in [0.1, 0.15) is 34.1 Å². The molecule has 68 valence electrons. The van der Waals surface area contributed by atoms with Crippen LogP contribution in [-0.2, 0) is 14.3 Å². The Morgan fingerprint density at radius 2 is 1.73 bits per heavy atom. The molecule has 11 heavy (non-hydrogen) atoms. The molecule has 3 nitrogen and oxygen atoms in total. The van der Waals surface area contributed by atoms with Crippen molar-refractivity contribution in [2.24, 2.45) is 0 Å². The second-order valence-electron chi connectivity index (χ2n) is 2.86. The predicted octanol–water partition coefficient (Wildman–Crippen LogP) is 1.54. The molecule has 0 heterocycles. The lowest BCUT2D eigenvalue weighted by Gasteiger charge is -2.12. The Bertz CT molecular complexity index is 194. The van der Waals surface area contributed by atoms with Gasteiger partial charge in [0.15, 0.2) is 0 Å². The van der Waals surface area contributed by atoms with E-state index >= 15 is 0 Å². The predicted molar refractivity (Wildman–Crippen MR) is 44.9 cm³/mol. The zero-order valence-corrected chi connectivity index (χ0v) is 8.31. The first-order valence-corrected chi connectivity index (χ1v) is 5.29. The molecule has 0 spiro atoms. The summed E-state index contributed by atoms with van der Waals surface area (Å²) >= 11 is 0. The summed E-state index contributed by atoms with van der Waals surface area (Å²) in [4.78, 5) is 0. The molecule has 0 aromatic rings. The van der Waals surface area contributed by atoms with Crippen LogP contribution in [0.15, 0.2) is 0 Å². The molecule has 0 amide bonds. The molecule has 0 radical (unpaired) electrons. The largest absolute Gasteiger partial charge is 0.270 e. The first kappa shape index (κ1) is 10.9. The number of hydrogen-bond acceptors (Lipinski definition) is 3. The van der Waals surface area contributed by atoms with Gasteiger partial charge in [-0.05, 0) is 27.2 Å². The zero-order valence-electron chi connectivity index (χ0n) is 7.49. The van der Waals surface area contributed by atoms with Gasteiger partial charge in [0.05, 0.1) is 11.4 Å². The fraction of sp³-hybridized carbons (Fsp3) is 1.00. The SMILES string of the molecule is CCC(C)S(=O)(=O)OC(C)C. The van der Waals surface area contributed by atoms with Crippen molar-refractivity contribution in [1.29, 1.82) is 0 Å². The van der Waals surface area contributed by atoms with E-state index in [1.165, 1.54) is 0 Å². The standard InChI is InChI=1S/C7H16O3S/c1-5-7(4)11(8,9)10-6(2)3/h6-7H,5H2,1-4H3. The van der Waals surface area contributed by atoms with E-state index in [2.05, 4.69) is 0 Å². The maximum absolute atomic E-state index is 11.1. The molecule has 4 heteroatoms. The summed E-state index contributed by atoms with van der Waals surface area (Å²) in [5.41, 5.74) is 0. The molecule has 1 unspecified atom stereocenters. The van der Waals surface area contributed by atoms with Crippen LogP contribution in [0.2, 0.25) is 0 Å². The van der Waals surface area contributed by atoms with Gasteiger partial charge in [-0.3, -0.25) is 4.18 Å². The van der Waals surface area contributed by atoms with Gasteiger partial charge in [-0.1, -0.05) is 6.92 Å². The van der Waals surface area contributed by atoms with E-state index in [-0.39, 0.29) is 6.10 Å². The van der Waals surface area contributed by atoms with Crippen LogP contribution in [0.25, 0.3) is 0 Å². The van der Waals surface area contributed by atoms with E-state index < -0.39 is 15.4 Å². The lowest BCUT2D eigenvalue weighted by Crippen LogP contribution is -2.22. The molecule has 0 aliphatic rings. The number of rotatable bonds is 4. The summed E-state index contributed by atoms with van der Waals surface area (Å²) in [6.07, 6.45) is 0.337. The third-order valence-corrected chi connectivity index (χ3v) is 3.37. The summed E-state index contributed by atoms with van der Waals surface area (Å²) < 4.78 is 27.1. The van der Waals surface area contributed by atoms with Crippen molar-refractivity contribution in [3.63, 3.8) is 0 Å². The van der Waals surface area contributed by atoms with Crippen LogP contribution in [-0.4, -0.2) is 19.8 Å². The van der Waals surface area contributed by atoms with Crippen LogP contribution in [0.5, 0.6) is 0 Å². The van der Waals surface area contributed by atoms with Gasteiger partial charge in [0.25, 0.3) is 10.1 Å². The molecule has 0 aromatic heterocycles. The molecule has 0 rings (SSSR count). The molecule has 0 N–H and O–H groups in total. The monoisotopic (exact) mass is 180 g/mol. The van der Waals surface area contributed by atoms with Gasteiger partial charge in [0.1, 0.15) is 0 Å². The normalized spacial score (nSPS) is 15.4. The molecule has 0 saturated carbocycles. The van der Waals surface area contributed by atoms with Crippen LogP contribution in [0, 0.1) is 0 Å². The molecular formula is C7H16O3S. The average Bonchev–Trinajstić information content (AvgIpc) is 1.83. The highest BCUT2D eigenvalue weighted by molar-refractivity contribution is 7.87. The van der Waals surface area contributed by atoms with Crippen molar-refractivity contribution in [2.75, 3.05) is 0 Å². The Hall–Kier alpha value is -0.0900. The highest BCUT2D eigenvalue weighted by Crippen LogP contribution is 2.09. The topological polar surface area (TPSA) is 43.4 Å². The van der Waals surface area contributed by atoms with Crippen molar-refractivity contribution in [3.8, 4) is 0 Å².